The molecule has 1 aliphatic rings. The summed E-state index contributed by atoms with van der Waals surface area (Å²) >= 11 is 0. The molecule has 2 unspecified atom stereocenters. The largest absolute Gasteiger partial charge is 0.298 e. The minimum absolute atomic E-state index is 0.680. The zero-order chi connectivity index (χ0) is 12.1. The van der Waals surface area contributed by atoms with Crippen LogP contribution in [0.1, 0.15) is 34.1 Å². The average molecular weight is 222 g/mol. The van der Waals surface area contributed by atoms with Gasteiger partial charge in [0.1, 0.15) is 0 Å². The van der Waals surface area contributed by atoms with Crippen molar-refractivity contribution in [3.63, 3.8) is 0 Å². The lowest BCUT2D eigenvalue weighted by atomic mass is 9.91. The van der Waals surface area contributed by atoms with Crippen LogP contribution in [0, 0.1) is 11.8 Å². The molecular formula is C14H26N2. The van der Waals surface area contributed by atoms with Gasteiger partial charge in [-0.2, -0.15) is 0 Å². The van der Waals surface area contributed by atoms with Crippen LogP contribution in [0.25, 0.3) is 0 Å². The maximum Gasteiger partial charge on any atom is 0.0276 e. The lowest BCUT2D eigenvalue weighted by Crippen LogP contribution is -2.24. The second-order valence-corrected chi connectivity index (χ2v) is 4.98. The van der Waals surface area contributed by atoms with Crippen molar-refractivity contribution in [3.05, 3.63) is 11.6 Å². The van der Waals surface area contributed by atoms with Gasteiger partial charge in [0.15, 0.2) is 0 Å². The van der Waals surface area contributed by atoms with Crippen molar-refractivity contribution >= 4 is 5.71 Å². The number of allylic oxidation sites excluding steroid dienone is 1. The van der Waals surface area contributed by atoms with Crippen molar-refractivity contribution in [1.82, 2.24) is 4.90 Å². The molecule has 2 nitrogen and oxygen atoms in total. The van der Waals surface area contributed by atoms with E-state index in [1.54, 1.807) is 0 Å². The van der Waals surface area contributed by atoms with Gasteiger partial charge in [0, 0.05) is 38.3 Å². The van der Waals surface area contributed by atoms with Gasteiger partial charge in [-0.25, -0.2) is 0 Å². The Kier molecular flexibility index (Phi) is 5.20. The quantitative estimate of drug-likeness (QED) is 0.527. The Hall–Kier alpha value is -0.630. The fraction of sp³-hybridized carbons (Fsp3) is 0.786. The van der Waals surface area contributed by atoms with Crippen LogP contribution < -0.4 is 0 Å². The molecule has 0 aliphatic carbocycles. The minimum atomic E-state index is 0.680. The fourth-order valence-corrected chi connectivity index (χ4v) is 2.66. The van der Waals surface area contributed by atoms with E-state index in [4.69, 9.17) is 0 Å². The van der Waals surface area contributed by atoms with E-state index in [-0.39, 0.29) is 0 Å². The first kappa shape index (κ1) is 13.4. The van der Waals surface area contributed by atoms with Crippen molar-refractivity contribution in [2.45, 2.75) is 34.1 Å². The molecule has 0 aromatic rings. The Morgan fingerprint density at radius 3 is 2.62 bits per heavy atom. The molecule has 92 valence electrons. The van der Waals surface area contributed by atoms with Crippen molar-refractivity contribution in [1.29, 1.82) is 0 Å². The van der Waals surface area contributed by atoms with E-state index in [1.807, 2.05) is 7.05 Å². The molecule has 0 spiro atoms. The zero-order valence-corrected chi connectivity index (χ0v) is 11.5. The summed E-state index contributed by atoms with van der Waals surface area (Å²) in [7, 11) is 1.94. The molecular weight excluding hydrogens is 196 g/mol. The van der Waals surface area contributed by atoms with Crippen molar-refractivity contribution in [2.24, 2.45) is 16.8 Å². The number of aliphatic imine (C=N–C) groups is 1. The summed E-state index contributed by atoms with van der Waals surface area (Å²) in [6, 6.07) is 0. The van der Waals surface area contributed by atoms with Gasteiger partial charge in [0.2, 0.25) is 0 Å². The van der Waals surface area contributed by atoms with Crippen LogP contribution in [-0.2, 0) is 0 Å². The Morgan fingerprint density at radius 1 is 1.44 bits per heavy atom. The second kappa shape index (κ2) is 6.19. The molecule has 1 saturated heterocycles. The number of hydrogen-bond acceptors (Lipinski definition) is 2. The normalized spacial score (nSPS) is 28.8. The monoisotopic (exact) mass is 222 g/mol. The summed E-state index contributed by atoms with van der Waals surface area (Å²) in [4.78, 5) is 7.01. The van der Waals surface area contributed by atoms with Gasteiger partial charge in [-0.05, 0) is 26.2 Å². The molecule has 0 amide bonds. The fourth-order valence-electron chi connectivity index (χ4n) is 2.66. The smallest absolute Gasteiger partial charge is 0.0276 e. The topological polar surface area (TPSA) is 15.6 Å². The van der Waals surface area contributed by atoms with Crippen LogP contribution in [-0.4, -0.2) is 37.3 Å². The van der Waals surface area contributed by atoms with Gasteiger partial charge in [0.05, 0.1) is 0 Å². The van der Waals surface area contributed by atoms with Crippen LogP contribution in [0.5, 0.6) is 0 Å². The molecule has 1 fully saturated rings. The molecule has 0 aromatic heterocycles. The van der Waals surface area contributed by atoms with Gasteiger partial charge in [-0.1, -0.05) is 25.5 Å². The van der Waals surface area contributed by atoms with Crippen molar-refractivity contribution in [2.75, 3.05) is 26.7 Å². The zero-order valence-electron chi connectivity index (χ0n) is 11.5. The third-order valence-corrected chi connectivity index (χ3v) is 3.73. The van der Waals surface area contributed by atoms with Gasteiger partial charge in [-0.15, -0.1) is 0 Å². The molecule has 0 bridgehead atoms. The van der Waals surface area contributed by atoms with E-state index in [0.717, 1.165) is 18.9 Å². The minimum Gasteiger partial charge on any atom is -0.298 e. The predicted molar refractivity (Wildman–Crippen MR) is 72.2 cm³/mol. The molecule has 0 N–H and O–H groups in total. The van der Waals surface area contributed by atoms with Crippen LogP contribution in [0.4, 0.5) is 0 Å². The standard InChI is InChI=1S/C14H26N2/c1-6-11(3)8-16-9-12(4)13(10-16)14(7-2)15-5/h6,12-13H,7-10H2,1-5H3. The molecule has 1 aliphatic heterocycles. The molecule has 0 radical (unpaired) electrons. The summed E-state index contributed by atoms with van der Waals surface area (Å²) < 4.78 is 0. The second-order valence-electron chi connectivity index (χ2n) is 4.98. The highest BCUT2D eigenvalue weighted by molar-refractivity contribution is 5.87. The van der Waals surface area contributed by atoms with Crippen LogP contribution in [0.15, 0.2) is 16.6 Å². The van der Waals surface area contributed by atoms with E-state index >= 15 is 0 Å². The lowest BCUT2D eigenvalue weighted by molar-refractivity contribution is 0.354. The Morgan fingerprint density at radius 2 is 2.12 bits per heavy atom. The predicted octanol–water partition coefficient (Wildman–Crippen LogP) is 3.00. The van der Waals surface area contributed by atoms with Crippen LogP contribution >= 0.6 is 0 Å². The summed E-state index contributed by atoms with van der Waals surface area (Å²) in [6.07, 6.45) is 3.31. The summed E-state index contributed by atoms with van der Waals surface area (Å²) in [6.45, 7) is 12.4. The maximum atomic E-state index is 4.45. The van der Waals surface area contributed by atoms with Gasteiger partial charge in [0.25, 0.3) is 0 Å². The molecule has 16 heavy (non-hydrogen) atoms. The Balaban J connectivity index is 2.60. The highest BCUT2D eigenvalue weighted by Crippen LogP contribution is 2.25. The van der Waals surface area contributed by atoms with Gasteiger partial charge >= 0.3 is 0 Å². The summed E-state index contributed by atoms with van der Waals surface area (Å²) in [5, 5.41) is 0. The number of hydrogen-bond donors (Lipinski definition) is 0. The van der Waals surface area contributed by atoms with E-state index in [2.05, 4.69) is 43.7 Å². The number of nitrogens with zero attached hydrogens (tertiary/aromatic N) is 2. The molecule has 2 atom stereocenters. The molecule has 1 rings (SSSR count). The van der Waals surface area contributed by atoms with E-state index in [0.29, 0.717) is 5.92 Å². The highest BCUT2D eigenvalue weighted by atomic mass is 15.2. The van der Waals surface area contributed by atoms with E-state index in [9.17, 15) is 0 Å². The molecule has 1 heterocycles. The van der Waals surface area contributed by atoms with Crippen LogP contribution in [0.2, 0.25) is 0 Å². The van der Waals surface area contributed by atoms with Gasteiger partial charge in [-0.3, -0.25) is 9.89 Å². The van der Waals surface area contributed by atoms with Crippen LogP contribution in [0.3, 0.4) is 0 Å². The van der Waals surface area contributed by atoms with Gasteiger partial charge < -0.3 is 0 Å². The Bertz CT molecular complexity index is 278. The first-order valence-electron chi connectivity index (χ1n) is 6.42. The third kappa shape index (κ3) is 3.18. The molecule has 0 aromatic carbocycles. The van der Waals surface area contributed by atoms with E-state index < -0.39 is 0 Å². The third-order valence-electron chi connectivity index (χ3n) is 3.73. The molecule has 2 heteroatoms. The average Bonchev–Trinajstić information content (AvgIpc) is 2.61. The summed E-state index contributed by atoms with van der Waals surface area (Å²) in [5.74, 6) is 1.43. The maximum absolute atomic E-state index is 4.45. The highest BCUT2D eigenvalue weighted by Gasteiger charge is 2.31. The van der Waals surface area contributed by atoms with Crippen molar-refractivity contribution in [3.8, 4) is 0 Å². The first-order chi connectivity index (χ1) is 7.62. The first-order valence-corrected chi connectivity index (χ1v) is 6.42. The SMILES string of the molecule is CC=C(C)CN1CC(C)C(C(CC)=NC)C1. The molecule has 0 saturated carbocycles. The lowest BCUT2D eigenvalue weighted by Gasteiger charge is -2.17. The van der Waals surface area contributed by atoms with E-state index in [1.165, 1.54) is 24.4 Å². The number of rotatable bonds is 4. The summed E-state index contributed by atoms with van der Waals surface area (Å²) in [5.41, 5.74) is 2.87. The Labute approximate surface area is 100 Å². The number of likely N-dealkylation sites (tertiary alicyclic amines) is 1. The van der Waals surface area contributed by atoms with Crippen molar-refractivity contribution < 1.29 is 0 Å².